The van der Waals surface area contributed by atoms with E-state index in [-0.39, 0.29) is 5.91 Å². The summed E-state index contributed by atoms with van der Waals surface area (Å²) in [6.45, 7) is 3.22. The first-order valence-electron chi connectivity index (χ1n) is 3.84. The number of carbonyl (C=O) groups excluding carboxylic acids is 1. The second kappa shape index (κ2) is 3.77. The standard InChI is InChI=1S/C9H11ClN2O/c1-6-8(10)4-3-5-9(6)12(11)7(2)13/h3-5H,11H2,1-2H3. The molecule has 1 amide bonds. The highest BCUT2D eigenvalue weighted by molar-refractivity contribution is 6.31. The van der Waals surface area contributed by atoms with Gasteiger partial charge >= 0.3 is 0 Å². The summed E-state index contributed by atoms with van der Waals surface area (Å²) < 4.78 is 0. The van der Waals surface area contributed by atoms with Crippen molar-refractivity contribution < 1.29 is 4.79 Å². The van der Waals surface area contributed by atoms with Gasteiger partial charge in [0.25, 0.3) is 0 Å². The molecule has 0 fully saturated rings. The topological polar surface area (TPSA) is 46.3 Å². The van der Waals surface area contributed by atoms with Crippen LogP contribution in [-0.2, 0) is 4.79 Å². The highest BCUT2D eigenvalue weighted by Gasteiger charge is 2.10. The van der Waals surface area contributed by atoms with Gasteiger partial charge in [-0.15, -0.1) is 0 Å². The quantitative estimate of drug-likeness (QED) is 0.426. The molecule has 0 aliphatic carbocycles. The van der Waals surface area contributed by atoms with Crippen LogP contribution in [0.4, 0.5) is 5.69 Å². The molecule has 0 bridgehead atoms. The lowest BCUT2D eigenvalue weighted by Crippen LogP contribution is -2.35. The van der Waals surface area contributed by atoms with Crippen LogP contribution in [0.1, 0.15) is 12.5 Å². The number of hydrazine groups is 1. The molecule has 13 heavy (non-hydrogen) atoms. The molecule has 3 nitrogen and oxygen atoms in total. The summed E-state index contributed by atoms with van der Waals surface area (Å²) in [7, 11) is 0. The molecule has 0 heterocycles. The summed E-state index contributed by atoms with van der Waals surface area (Å²) in [6, 6.07) is 5.27. The number of rotatable bonds is 1. The first-order chi connectivity index (χ1) is 6.04. The fourth-order valence-electron chi connectivity index (χ4n) is 1.03. The molecule has 1 rings (SSSR count). The van der Waals surface area contributed by atoms with Crippen molar-refractivity contribution in [2.45, 2.75) is 13.8 Å². The zero-order chi connectivity index (χ0) is 10.0. The summed E-state index contributed by atoms with van der Waals surface area (Å²) in [6.07, 6.45) is 0. The van der Waals surface area contributed by atoms with E-state index in [1.54, 1.807) is 18.2 Å². The van der Waals surface area contributed by atoms with Gasteiger partial charge in [0, 0.05) is 11.9 Å². The molecule has 0 unspecified atom stereocenters. The zero-order valence-electron chi connectivity index (χ0n) is 7.54. The molecule has 0 radical (unpaired) electrons. The minimum Gasteiger partial charge on any atom is -0.273 e. The first kappa shape index (κ1) is 10.0. The Bertz CT molecular complexity index is 338. The van der Waals surface area contributed by atoms with Crippen molar-refractivity contribution in [3.05, 3.63) is 28.8 Å². The molecule has 2 N–H and O–H groups in total. The molecule has 0 aliphatic heterocycles. The number of amides is 1. The van der Waals surface area contributed by atoms with Crippen LogP contribution in [0.2, 0.25) is 5.02 Å². The largest absolute Gasteiger partial charge is 0.273 e. The molecule has 70 valence electrons. The number of anilines is 1. The number of hydrogen-bond donors (Lipinski definition) is 1. The van der Waals surface area contributed by atoms with Gasteiger partial charge in [0.15, 0.2) is 0 Å². The van der Waals surface area contributed by atoms with Crippen LogP contribution < -0.4 is 10.9 Å². The van der Waals surface area contributed by atoms with Gasteiger partial charge in [-0.3, -0.25) is 4.79 Å². The Morgan fingerprint density at radius 1 is 1.54 bits per heavy atom. The lowest BCUT2D eigenvalue weighted by atomic mass is 10.2. The van der Waals surface area contributed by atoms with E-state index in [0.717, 1.165) is 10.6 Å². The molecule has 1 aromatic carbocycles. The monoisotopic (exact) mass is 198 g/mol. The van der Waals surface area contributed by atoms with Crippen LogP contribution in [-0.4, -0.2) is 5.91 Å². The van der Waals surface area contributed by atoms with Gasteiger partial charge in [-0.2, -0.15) is 0 Å². The number of hydrogen-bond acceptors (Lipinski definition) is 2. The van der Waals surface area contributed by atoms with Gasteiger partial charge in [-0.25, -0.2) is 10.9 Å². The van der Waals surface area contributed by atoms with Crippen LogP contribution in [0.15, 0.2) is 18.2 Å². The van der Waals surface area contributed by atoms with E-state index in [0.29, 0.717) is 10.7 Å². The molecule has 0 saturated carbocycles. The Labute approximate surface area is 82.1 Å². The number of nitrogens with two attached hydrogens (primary N) is 1. The van der Waals surface area contributed by atoms with Crippen molar-refractivity contribution in [3.63, 3.8) is 0 Å². The summed E-state index contributed by atoms with van der Waals surface area (Å²) in [5, 5.41) is 1.69. The fraction of sp³-hybridized carbons (Fsp3) is 0.222. The van der Waals surface area contributed by atoms with Gasteiger partial charge < -0.3 is 0 Å². The van der Waals surface area contributed by atoms with Crippen molar-refractivity contribution in [2.75, 3.05) is 5.01 Å². The third-order valence-corrected chi connectivity index (χ3v) is 2.25. The average Bonchev–Trinajstić information content (AvgIpc) is 2.08. The Morgan fingerprint density at radius 2 is 2.15 bits per heavy atom. The number of benzene rings is 1. The highest BCUT2D eigenvalue weighted by Crippen LogP contribution is 2.24. The molecular weight excluding hydrogens is 188 g/mol. The Hall–Kier alpha value is -1.06. The minimum atomic E-state index is -0.217. The SMILES string of the molecule is CC(=O)N(N)c1cccc(Cl)c1C. The summed E-state index contributed by atoms with van der Waals surface area (Å²) in [5.74, 6) is 5.32. The van der Waals surface area contributed by atoms with Crippen molar-refractivity contribution >= 4 is 23.2 Å². The van der Waals surface area contributed by atoms with Crippen LogP contribution >= 0.6 is 11.6 Å². The second-order valence-corrected chi connectivity index (χ2v) is 3.18. The first-order valence-corrected chi connectivity index (χ1v) is 4.22. The summed E-state index contributed by atoms with van der Waals surface area (Å²) in [4.78, 5) is 11.0. The number of nitrogens with zero attached hydrogens (tertiary/aromatic N) is 1. The smallest absolute Gasteiger partial charge is 0.238 e. The highest BCUT2D eigenvalue weighted by atomic mass is 35.5. The van der Waals surface area contributed by atoms with Crippen molar-refractivity contribution in [1.82, 2.24) is 0 Å². The van der Waals surface area contributed by atoms with Crippen molar-refractivity contribution in [3.8, 4) is 0 Å². The maximum absolute atomic E-state index is 11.0. The predicted molar refractivity (Wildman–Crippen MR) is 53.5 cm³/mol. The third-order valence-electron chi connectivity index (χ3n) is 1.84. The van der Waals surface area contributed by atoms with Crippen molar-refractivity contribution in [2.24, 2.45) is 5.84 Å². The van der Waals surface area contributed by atoms with E-state index in [1.165, 1.54) is 6.92 Å². The van der Waals surface area contributed by atoms with Crippen LogP contribution in [0.5, 0.6) is 0 Å². The molecule has 0 aliphatic rings. The Balaban J connectivity index is 3.15. The van der Waals surface area contributed by atoms with E-state index in [1.807, 2.05) is 6.92 Å². The van der Waals surface area contributed by atoms with E-state index < -0.39 is 0 Å². The summed E-state index contributed by atoms with van der Waals surface area (Å²) >= 11 is 5.87. The molecule has 0 saturated heterocycles. The average molecular weight is 199 g/mol. The van der Waals surface area contributed by atoms with Gasteiger partial charge in [-0.05, 0) is 24.6 Å². The van der Waals surface area contributed by atoms with Gasteiger partial charge in [0.1, 0.15) is 0 Å². The predicted octanol–water partition coefficient (Wildman–Crippen LogP) is 1.88. The molecule has 0 spiro atoms. The molecule has 4 heteroatoms. The molecule has 0 aromatic heterocycles. The maximum Gasteiger partial charge on any atom is 0.238 e. The number of carbonyl (C=O) groups is 1. The van der Waals surface area contributed by atoms with Gasteiger partial charge in [-0.1, -0.05) is 17.7 Å². The lowest BCUT2D eigenvalue weighted by Gasteiger charge is -2.17. The summed E-state index contributed by atoms with van der Waals surface area (Å²) in [5.41, 5.74) is 1.45. The van der Waals surface area contributed by atoms with Crippen LogP contribution in [0.25, 0.3) is 0 Å². The lowest BCUT2D eigenvalue weighted by molar-refractivity contribution is -0.116. The van der Waals surface area contributed by atoms with Crippen LogP contribution in [0, 0.1) is 6.92 Å². The van der Waals surface area contributed by atoms with E-state index in [9.17, 15) is 4.79 Å². The maximum atomic E-state index is 11.0. The third kappa shape index (κ3) is 1.99. The van der Waals surface area contributed by atoms with Crippen molar-refractivity contribution in [1.29, 1.82) is 0 Å². The number of halogens is 1. The zero-order valence-corrected chi connectivity index (χ0v) is 8.30. The minimum absolute atomic E-state index is 0.217. The molecule has 1 aromatic rings. The Morgan fingerprint density at radius 3 is 2.69 bits per heavy atom. The van der Waals surface area contributed by atoms with E-state index >= 15 is 0 Å². The molecule has 0 atom stereocenters. The van der Waals surface area contributed by atoms with E-state index in [2.05, 4.69) is 0 Å². The van der Waals surface area contributed by atoms with Gasteiger partial charge in [0.2, 0.25) is 5.91 Å². The van der Waals surface area contributed by atoms with Crippen LogP contribution in [0.3, 0.4) is 0 Å². The van der Waals surface area contributed by atoms with Gasteiger partial charge in [0.05, 0.1) is 5.69 Å². The normalized spacial score (nSPS) is 9.85. The molecular formula is C9H11ClN2O. The Kier molecular flexibility index (Phi) is 2.90. The van der Waals surface area contributed by atoms with E-state index in [4.69, 9.17) is 17.4 Å². The second-order valence-electron chi connectivity index (χ2n) is 2.77. The fourth-order valence-corrected chi connectivity index (χ4v) is 1.20.